The summed E-state index contributed by atoms with van der Waals surface area (Å²) in [4.78, 5) is 33.2. The molecule has 0 fully saturated rings. The van der Waals surface area contributed by atoms with Crippen LogP contribution in [-0.2, 0) is 7.05 Å². The van der Waals surface area contributed by atoms with Crippen LogP contribution >= 0.6 is 11.3 Å². The van der Waals surface area contributed by atoms with Crippen LogP contribution in [0.5, 0.6) is 0 Å². The maximum atomic E-state index is 12.7. The standard InChI is InChI=1S/C21H17N5O3S/c1-13-8-9-15(12-16(13)26(28)29)20(27)24-21-23-17(14-6-4-3-5-7-14)18(30-21)19-22-10-11-25(19)2/h3-12H,1-2H3,(H,23,24,27). The molecule has 4 rings (SSSR count). The summed E-state index contributed by atoms with van der Waals surface area (Å²) in [5.41, 5.74) is 2.20. The van der Waals surface area contributed by atoms with Crippen molar-refractivity contribution in [3.05, 3.63) is 82.2 Å². The molecule has 0 atom stereocenters. The number of aryl methyl sites for hydroxylation is 2. The van der Waals surface area contributed by atoms with E-state index in [1.165, 1.54) is 17.4 Å². The maximum Gasteiger partial charge on any atom is 0.273 e. The van der Waals surface area contributed by atoms with Crippen molar-refractivity contribution in [3.63, 3.8) is 0 Å². The molecule has 0 radical (unpaired) electrons. The van der Waals surface area contributed by atoms with Gasteiger partial charge in [0.15, 0.2) is 11.0 Å². The molecule has 2 aromatic carbocycles. The van der Waals surface area contributed by atoms with E-state index in [1.54, 1.807) is 25.3 Å². The number of nitro benzene ring substituents is 1. The molecule has 1 amide bonds. The Morgan fingerprint density at radius 1 is 1.20 bits per heavy atom. The number of imidazole rings is 1. The van der Waals surface area contributed by atoms with Crippen LogP contribution in [0.1, 0.15) is 15.9 Å². The summed E-state index contributed by atoms with van der Waals surface area (Å²) < 4.78 is 1.88. The number of aromatic nitrogens is 3. The van der Waals surface area contributed by atoms with Crippen LogP contribution in [0.3, 0.4) is 0 Å². The van der Waals surface area contributed by atoms with Crippen molar-refractivity contribution in [1.82, 2.24) is 14.5 Å². The third kappa shape index (κ3) is 3.70. The highest BCUT2D eigenvalue weighted by molar-refractivity contribution is 7.19. The van der Waals surface area contributed by atoms with Crippen molar-refractivity contribution in [1.29, 1.82) is 0 Å². The molecule has 0 bridgehead atoms. The molecule has 2 heterocycles. The fourth-order valence-electron chi connectivity index (χ4n) is 3.02. The van der Waals surface area contributed by atoms with Crippen LogP contribution in [0.15, 0.2) is 60.9 Å². The zero-order valence-electron chi connectivity index (χ0n) is 16.2. The van der Waals surface area contributed by atoms with Crippen molar-refractivity contribution in [3.8, 4) is 22.0 Å². The van der Waals surface area contributed by atoms with Crippen LogP contribution in [0, 0.1) is 17.0 Å². The number of carbonyl (C=O) groups is 1. The van der Waals surface area contributed by atoms with Crippen molar-refractivity contribution in [2.24, 2.45) is 7.05 Å². The Balaban J connectivity index is 1.71. The van der Waals surface area contributed by atoms with Gasteiger partial charge in [0, 0.05) is 42.2 Å². The first kappa shape index (κ1) is 19.5. The minimum absolute atomic E-state index is 0.0968. The molecule has 0 unspecified atom stereocenters. The first-order valence-corrected chi connectivity index (χ1v) is 9.86. The molecule has 150 valence electrons. The molecule has 1 N–H and O–H groups in total. The first-order chi connectivity index (χ1) is 14.4. The molecular weight excluding hydrogens is 402 g/mol. The summed E-state index contributed by atoms with van der Waals surface area (Å²) in [6.07, 6.45) is 3.54. The number of anilines is 1. The van der Waals surface area contributed by atoms with Gasteiger partial charge in [0.2, 0.25) is 0 Å². The average Bonchev–Trinajstić information content (AvgIpc) is 3.34. The molecule has 0 spiro atoms. The van der Waals surface area contributed by atoms with E-state index in [2.05, 4.69) is 15.3 Å². The number of hydrogen-bond donors (Lipinski definition) is 1. The predicted molar refractivity (Wildman–Crippen MR) is 116 cm³/mol. The average molecular weight is 419 g/mol. The Bertz CT molecular complexity index is 1250. The number of nitrogens with zero attached hydrogens (tertiary/aromatic N) is 4. The van der Waals surface area contributed by atoms with Crippen LogP contribution in [0.25, 0.3) is 22.0 Å². The number of carbonyl (C=O) groups excluding carboxylic acids is 1. The second kappa shape index (κ2) is 7.88. The van der Waals surface area contributed by atoms with Crippen molar-refractivity contribution in [2.75, 3.05) is 5.32 Å². The molecule has 8 nitrogen and oxygen atoms in total. The van der Waals surface area contributed by atoms with Gasteiger partial charge < -0.3 is 4.57 Å². The van der Waals surface area contributed by atoms with Crippen LogP contribution in [0.2, 0.25) is 0 Å². The van der Waals surface area contributed by atoms with E-state index in [4.69, 9.17) is 0 Å². The largest absolute Gasteiger partial charge is 0.333 e. The van der Waals surface area contributed by atoms with Gasteiger partial charge in [0.1, 0.15) is 0 Å². The quantitative estimate of drug-likeness (QED) is 0.374. The minimum atomic E-state index is -0.498. The van der Waals surface area contributed by atoms with Crippen molar-refractivity contribution >= 4 is 28.1 Å². The lowest BCUT2D eigenvalue weighted by Crippen LogP contribution is -2.12. The lowest BCUT2D eigenvalue weighted by atomic mass is 10.1. The molecule has 0 saturated heterocycles. The molecule has 2 aromatic heterocycles. The Kier molecular flexibility index (Phi) is 5.11. The van der Waals surface area contributed by atoms with E-state index in [0.29, 0.717) is 16.4 Å². The number of thiazole rings is 1. The van der Waals surface area contributed by atoms with Gasteiger partial charge in [-0.2, -0.15) is 0 Å². The molecular formula is C21H17N5O3S. The lowest BCUT2D eigenvalue weighted by molar-refractivity contribution is -0.385. The third-order valence-corrected chi connectivity index (χ3v) is 5.55. The Morgan fingerprint density at radius 2 is 1.97 bits per heavy atom. The zero-order valence-corrected chi connectivity index (χ0v) is 17.0. The monoisotopic (exact) mass is 419 g/mol. The second-order valence-corrected chi connectivity index (χ2v) is 7.64. The van der Waals surface area contributed by atoms with Gasteiger partial charge >= 0.3 is 0 Å². The number of benzene rings is 2. The minimum Gasteiger partial charge on any atom is -0.333 e. The van der Waals surface area contributed by atoms with Crippen molar-refractivity contribution < 1.29 is 9.72 Å². The predicted octanol–water partition coefficient (Wildman–Crippen LogP) is 4.68. The molecule has 0 aliphatic heterocycles. The second-order valence-electron chi connectivity index (χ2n) is 6.64. The smallest absolute Gasteiger partial charge is 0.273 e. The zero-order chi connectivity index (χ0) is 21.3. The number of nitro groups is 1. The van der Waals surface area contributed by atoms with Crippen molar-refractivity contribution in [2.45, 2.75) is 6.92 Å². The van der Waals surface area contributed by atoms with E-state index >= 15 is 0 Å². The van der Waals surface area contributed by atoms with Gasteiger partial charge in [-0.15, -0.1) is 0 Å². The number of amides is 1. The Morgan fingerprint density at radius 3 is 2.63 bits per heavy atom. The number of rotatable bonds is 5. The molecule has 0 aliphatic rings. The highest BCUT2D eigenvalue weighted by atomic mass is 32.1. The highest BCUT2D eigenvalue weighted by Crippen LogP contribution is 2.38. The van der Waals surface area contributed by atoms with E-state index in [9.17, 15) is 14.9 Å². The summed E-state index contributed by atoms with van der Waals surface area (Å²) in [5, 5.41) is 14.3. The molecule has 30 heavy (non-hydrogen) atoms. The molecule has 0 aliphatic carbocycles. The van der Waals surface area contributed by atoms with Crippen LogP contribution < -0.4 is 5.32 Å². The number of hydrogen-bond acceptors (Lipinski definition) is 6. The summed E-state index contributed by atoms with van der Waals surface area (Å²) in [6.45, 7) is 1.63. The highest BCUT2D eigenvalue weighted by Gasteiger charge is 2.20. The van der Waals surface area contributed by atoms with Gasteiger partial charge in [-0.1, -0.05) is 47.7 Å². The topological polar surface area (TPSA) is 103 Å². The van der Waals surface area contributed by atoms with Crippen LogP contribution in [-0.4, -0.2) is 25.4 Å². The van der Waals surface area contributed by atoms with E-state index in [0.717, 1.165) is 16.3 Å². The normalized spacial score (nSPS) is 10.7. The number of nitrogens with one attached hydrogen (secondary N) is 1. The van der Waals surface area contributed by atoms with Gasteiger partial charge in [-0.25, -0.2) is 9.97 Å². The summed E-state index contributed by atoms with van der Waals surface area (Å²) >= 11 is 1.30. The summed E-state index contributed by atoms with van der Waals surface area (Å²) in [5.74, 6) is 0.274. The Labute approximate surface area is 176 Å². The fourth-order valence-corrected chi connectivity index (χ4v) is 4.04. The van der Waals surface area contributed by atoms with Crippen LogP contribution in [0.4, 0.5) is 10.8 Å². The maximum absolute atomic E-state index is 12.7. The van der Waals surface area contributed by atoms with E-state index in [1.807, 2.05) is 48.1 Å². The molecule has 4 aromatic rings. The van der Waals surface area contributed by atoms with Gasteiger partial charge in [-0.05, 0) is 13.0 Å². The van der Waals surface area contributed by atoms with Gasteiger partial charge in [0.05, 0.1) is 15.5 Å². The van der Waals surface area contributed by atoms with E-state index in [-0.39, 0.29) is 11.3 Å². The first-order valence-electron chi connectivity index (χ1n) is 9.04. The van der Waals surface area contributed by atoms with Gasteiger partial charge in [0.25, 0.3) is 11.6 Å². The molecule has 9 heteroatoms. The molecule has 0 saturated carbocycles. The SMILES string of the molecule is Cc1ccc(C(=O)Nc2nc(-c3ccccc3)c(-c3nccn3C)s2)cc1[N+](=O)[O-]. The third-order valence-electron chi connectivity index (χ3n) is 4.59. The Hall–Kier alpha value is -3.85. The fraction of sp³-hybridized carbons (Fsp3) is 0.0952. The summed E-state index contributed by atoms with van der Waals surface area (Å²) in [7, 11) is 1.89. The lowest BCUT2D eigenvalue weighted by Gasteiger charge is -2.03. The van der Waals surface area contributed by atoms with E-state index < -0.39 is 10.8 Å². The van der Waals surface area contributed by atoms with Gasteiger partial charge in [-0.3, -0.25) is 20.2 Å². The summed E-state index contributed by atoms with van der Waals surface area (Å²) in [6, 6.07) is 14.0.